The van der Waals surface area contributed by atoms with E-state index in [4.69, 9.17) is 10.8 Å². The average Bonchev–Trinajstić information content (AvgIpc) is 1.82. The average molecular weight is 130 g/mol. The topological polar surface area (TPSA) is 63.3 Å². The molecule has 0 bridgehead atoms. The van der Waals surface area contributed by atoms with Gasteiger partial charge in [0.15, 0.2) is 0 Å². The lowest BCUT2D eigenvalue weighted by Gasteiger charge is -2.02. The summed E-state index contributed by atoms with van der Waals surface area (Å²) in [5.74, 6) is -0.475. The zero-order valence-electron chi connectivity index (χ0n) is 5.50. The molecule has 0 aromatic carbocycles. The Morgan fingerprint density at radius 1 is 1.89 bits per heavy atom. The van der Waals surface area contributed by atoms with E-state index in [1.54, 1.807) is 13.3 Å². The number of aliphatic hydroxyl groups excluding tert-OH is 1. The molecule has 3 heteroatoms. The highest BCUT2D eigenvalue weighted by molar-refractivity contribution is 5.76. The van der Waals surface area contributed by atoms with Crippen LogP contribution in [0, 0.1) is 12.3 Å². The van der Waals surface area contributed by atoms with Crippen molar-refractivity contribution in [3.05, 3.63) is 6.42 Å². The molecule has 3 nitrogen and oxygen atoms in total. The molecule has 0 saturated carbocycles. The van der Waals surface area contributed by atoms with Gasteiger partial charge in [-0.15, -0.1) is 0 Å². The van der Waals surface area contributed by atoms with Crippen LogP contribution in [0.5, 0.6) is 0 Å². The zero-order chi connectivity index (χ0) is 7.28. The van der Waals surface area contributed by atoms with Crippen LogP contribution < -0.4 is 5.73 Å². The van der Waals surface area contributed by atoms with Crippen LogP contribution in [0.2, 0.25) is 0 Å². The van der Waals surface area contributed by atoms with Gasteiger partial charge in [0.1, 0.15) is 0 Å². The lowest BCUT2D eigenvalue weighted by atomic mass is 10.1. The number of hydrogen-bond donors (Lipinski definition) is 2. The van der Waals surface area contributed by atoms with E-state index in [0.717, 1.165) is 0 Å². The van der Waals surface area contributed by atoms with Crippen LogP contribution in [-0.4, -0.2) is 17.6 Å². The van der Waals surface area contributed by atoms with Gasteiger partial charge in [-0.1, -0.05) is 6.92 Å². The van der Waals surface area contributed by atoms with Crippen molar-refractivity contribution in [1.82, 2.24) is 0 Å². The normalized spacial score (nSPS) is 13.1. The number of nitrogens with two attached hydrogens (primary N) is 1. The van der Waals surface area contributed by atoms with Gasteiger partial charge in [0.2, 0.25) is 5.91 Å². The van der Waals surface area contributed by atoms with Gasteiger partial charge in [0.25, 0.3) is 0 Å². The molecule has 0 saturated heterocycles. The molecule has 0 heterocycles. The summed E-state index contributed by atoms with van der Waals surface area (Å²) >= 11 is 0. The van der Waals surface area contributed by atoms with Crippen LogP contribution in [0.15, 0.2) is 0 Å². The summed E-state index contributed by atoms with van der Waals surface area (Å²) in [7, 11) is 0. The summed E-state index contributed by atoms with van der Waals surface area (Å²) in [6, 6.07) is 0. The van der Waals surface area contributed by atoms with Crippen molar-refractivity contribution < 1.29 is 9.90 Å². The molecule has 0 aliphatic rings. The van der Waals surface area contributed by atoms with Crippen LogP contribution in [0.25, 0.3) is 0 Å². The maximum Gasteiger partial charge on any atom is 0.220 e. The molecule has 53 valence electrons. The van der Waals surface area contributed by atoms with E-state index < -0.39 is 0 Å². The minimum Gasteiger partial charge on any atom is -0.396 e. The van der Waals surface area contributed by atoms with E-state index in [0.29, 0.717) is 6.42 Å². The first kappa shape index (κ1) is 8.43. The fourth-order valence-electron chi connectivity index (χ4n) is 0.441. The van der Waals surface area contributed by atoms with Crippen LogP contribution in [0.4, 0.5) is 0 Å². The Hall–Kier alpha value is -0.570. The van der Waals surface area contributed by atoms with Crippen molar-refractivity contribution in [2.75, 3.05) is 6.61 Å². The first-order valence-electron chi connectivity index (χ1n) is 2.90. The standard InChI is InChI=1S/C6H12NO2/c1-5(6(7)9)3-2-4-8/h2,5,8H,3-4H2,1H3,(H2,7,9). The third kappa shape index (κ3) is 3.97. The third-order valence-corrected chi connectivity index (χ3v) is 1.14. The molecule has 1 unspecified atom stereocenters. The van der Waals surface area contributed by atoms with Crippen LogP contribution in [0.3, 0.4) is 0 Å². The quantitative estimate of drug-likeness (QED) is 0.548. The number of carbonyl (C=O) groups excluding carboxylic acids is 1. The predicted molar refractivity (Wildman–Crippen MR) is 34.4 cm³/mol. The second kappa shape index (κ2) is 4.32. The Labute approximate surface area is 54.9 Å². The van der Waals surface area contributed by atoms with Crippen molar-refractivity contribution in [2.24, 2.45) is 11.7 Å². The molecular weight excluding hydrogens is 118 g/mol. The van der Waals surface area contributed by atoms with Gasteiger partial charge in [-0.25, -0.2) is 0 Å². The molecule has 1 radical (unpaired) electrons. The van der Waals surface area contributed by atoms with Crippen molar-refractivity contribution in [2.45, 2.75) is 13.3 Å². The highest BCUT2D eigenvalue weighted by Gasteiger charge is 2.06. The molecule has 9 heavy (non-hydrogen) atoms. The highest BCUT2D eigenvalue weighted by atomic mass is 16.2. The van der Waals surface area contributed by atoms with E-state index in [9.17, 15) is 4.79 Å². The third-order valence-electron chi connectivity index (χ3n) is 1.14. The maximum absolute atomic E-state index is 10.3. The van der Waals surface area contributed by atoms with E-state index in [-0.39, 0.29) is 18.4 Å². The minimum absolute atomic E-state index is 0.0115. The van der Waals surface area contributed by atoms with E-state index in [1.165, 1.54) is 0 Å². The SMILES string of the molecule is CC(C[CH]CO)C(N)=O. The second-order valence-electron chi connectivity index (χ2n) is 2.01. The molecule has 3 N–H and O–H groups in total. The lowest BCUT2D eigenvalue weighted by Crippen LogP contribution is -2.20. The molecule has 1 atom stereocenters. The van der Waals surface area contributed by atoms with E-state index in [2.05, 4.69) is 0 Å². The monoisotopic (exact) mass is 130 g/mol. The molecular formula is C6H12NO2. The van der Waals surface area contributed by atoms with Crippen LogP contribution >= 0.6 is 0 Å². The minimum atomic E-state index is -0.320. The summed E-state index contributed by atoms with van der Waals surface area (Å²) in [6.07, 6.45) is 2.18. The molecule has 0 rings (SSSR count). The Bertz CT molecular complexity index is 93.1. The van der Waals surface area contributed by atoms with Gasteiger partial charge in [-0.2, -0.15) is 0 Å². The number of aliphatic hydroxyl groups is 1. The molecule has 0 aromatic rings. The Morgan fingerprint density at radius 3 is 2.78 bits per heavy atom. The highest BCUT2D eigenvalue weighted by Crippen LogP contribution is 2.01. The number of amides is 1. The van der Waals surface area contributed by atoms with Gasteiger partial charge >= 0.3 is 0 Å². The Kier molecular flexibility index (Phi) is 4.05. The van der Waals surface area contributed by atoms with Crippen LogP contribution in [0.1, 0.15) is 13.3 Å². The smallest absolute Gasteiger partial charge is 0.220 e. The summed E-state index contributed by atoms with van der Waals surface area (Å²) in [4.78, 5) is 10.3. The second-order valence-corrected chi connectivity index (χ2v) is 2.01. The molecule has 1 amide bonds. The first-order chi connectivity index (χ1) is 4.18. The van der Waals surface area contributed by atoms with Crippen LogP contribution in [-0.2, 0) is 4.79 Å². The van der Waals surface area contributed by atoms with Gasteiger partial charge in [-0.05, 0) is 12.8 Å². The first-order valence-corrected chi connectivity index (χ1v) is 2.90. The molecule has 0 aliphatic carbocycles. The summed E-state index contributed by atoms with van der Waals surface area (Å²) in [5.41, 5.74) is 4.94. The van der Waals surface area contributed by atoms with Crippen molar-refractivity contribution in [1.29, 1.82) is 0 Å². The Morgan fingerprint density at radius 2 is 2.44 bits per heavy atom. The van der Waals surface area contributed by atoms with E-state index in [1.807, 2.05) is 0 Å². The number of rotatable bonds is 4. The predicted octanol–water partition coefficient (Wildman–Crippen LogP) is -0.306. The van der Waals surface area contributed by atoms with Gasteiger partial charge in [0, 0.05) is 12.5 Å². The fourth-order valence-corrected chi connectivity index (χ4v) is 0.441. The zero-order valence-corrected chi connectivity index (χ0v) is 5.50. The maximum atomic E-state index is 10.3. The molecule has 0 aromatic heterocycles. The summed E-state index contributed by atoms with van der Waals surface area (Å²) in [5, 5.41) is 8.29. The van der Waals surface area contributed by atoms with Crippen molar-refractivity contribution in [3.8, 4) is 0 Å². The van der Waals surface area contributed by atoms with Crippen molar-refractivity contribution >= 4 is 5.91 Å². The summed E-state index contributed by atoms with van der Waals surface area (Å²) in [6.45, 7) is 1.74. The molecule has 0 fully saturated rings. The number of primary amides is 1. The van der Waals surface area contributed by atoms with Gasteiger partial charge < -0.3 is 10.8 Å². The summed E-state index contributed by atoms with van der Waals surface area (Å²) < 4.78 is 0. The fraction of sp³-hybridized carbons (Fsp3) is 0.667. The Balaban J connectivity index is 3.27. The van der Waals surface area contributed by atoms with Crippen molar-refractivity contribution in [3.63, 3.8) is 0 Å². The largest absolute Gasteiger partial charge is 0.396 e. The number of carbonyl (C=O) groups is 1. The molecule has 0 aliphatic heterocycles. The number of hydrogen-bond acceptors (Lipinski definition) is 2. The molecule has 0 spiro atoms. The van der Waals surface area contributed by atoms with Gasteiger partial charge in [0.05, 0.1) is 0 Å². The van der Waals surface area contributed by atoms with E-state index >= 15 is 0 Å². The lowest BCUT2D eigenvalue weighted by molar-refractivity contribution is -0.121. The van der Waals surface area contributed by atoms with Gasteiger partial charge in [-0.3, -0.25) is 4.79 Å².